The van der Waals surface area contributed by atoms with Crippen molar-refractivity contribution >= 4 is 22.6 Å². The van der Waals surface area contributed by atoms with Crippen LogP contribution in [0.2, 0.25) is 0 Å². The molecule has 0 atom stereocenters. The van der Waals surface area contributed by atoms with Crippen LogP contribution in [0.3, 0.4) is 0 Å². The Kier molecular flexibility index (Phi) is 3.83. The van der Waals surface area contributed by atoms with Crippen molar-refractivity contribution in [3.8, 4) is 0 Å². The summed E-state index contributed by atoms with van der Waals surface area (Å²) in [5.74, 6) is 0.848. The molecule has 0 saturated carbocycles. The van der Waals surface area contributed by atoms with Gasteiger partial charge in [-0.05, 0) is 53.6 Å². The van der Waals surface area contributed by atoms with Gasteiger partial charge in [-0.2, -0.15) is 0 Å². The molecule has 1 amide bonds. The SMILES string of the molecule is Cc1cccc2cc3c(nc12)N(C(=O)c1ccc(C(C)(C)C)cc1)CC3. The quantitative estimate of drug-likeness (QED) is 0.619. The number of aryl methyl sites for hydroxylation is 1. The number of carbonyl (C=O) groups is 1. The number of amides is 1. The van der Waals surface area contributed by atoms with Crippen molar-refractivity contribution in [2.75, 3.05) is 11.4 Å². The van der Waals surface area contributed by atoms with E-state index in [1.54, 1.807) is 0 Å². The number of aromatic nitrogens is 1. The summed E-state index contributed by atoms with van der Waals surface area (Å²) in [5, 5.41) is 1.15. The summed E-state index contributed by atoms with van der Waals surface area (Å²) >= 11 is 0. The average Bonchev–Trinajstić information content (AvgIpc) is 3.02. The average molecular weight is 344 g/mol. The topological polar surface area (TPSA) is 33.2 Å². The maximum absolute atomic E-state index is 13.1. The van der Waals surface area contributed by atoms with Crippen molar-refractivity contribution in [3.63, 3.8) is 0 Å². The van der Waals surface area contributed by atoms with Crippen LogP contribution in [0.4, 0.5) is 5.82 Å². The number of nitrogens with zero attached hydrogens (tertiary/aromatic N) is 2. The van der Waals surface area contributed by atoms with Crippen LogP contribution in [0.25, 0.3) is 10.9 Å². The molecule has 26 heavy (non-hydrogen) atoms. The molecule has 1 aliphatic rings. The van der Waals surface area contributed by atoms with E-state index >= 15 is 0 Å². The molecule has 0 saturated heterocycles. The first kappa shape index (κ1) is 16.8. The lowest BCUT2D eigenvalue weighted by atomic mass is 9.86. The van der Waals surface area contributed by atoms with Gasteiger partial charge in [0, 0.05) is 17.5 Å². The molecule has 0 spiro atoms. The highest BCUT2D eigenvalue weighted by molar-refractivity contribution is 6.07. The summed E-state index contributed by atoms with van der Waals surface area (Å²) in [5.41, 5.74) is 5.31. The van der Waals surface area contributed by atoms with E-state index in [-0.39, 0.29) is 11.3 Å². The third-order valence-electron chi connectivity index (χ3n) is 5.21. The van der Waals surface area contributed by atoms with E-state index in [0.717, 1.165) is 39.8 Å². The van der Waals surface area contributed by atoms with E-state index in [9.17, 15) is 4.79 Å². The summed E-state index contributed by atoms with van der Waals surface area (Å²) in [6.07, 6.45) is 0.859. The standard InChI is InChI=1S/C23H24N2O/c1-15-6-5-7-17-14-18-12-13-25(21(18)24-20(15)17)22(26)16-8-10-19(11-9-16)23(2,3)4/h5-11,14H,12-13H2,1-4H3. The molecule has 0 bridgehead atoms. The Bertz CT molecular complexity index is 997. The Morgan fingerprint density at radius 2 is 1.81 bits per heavy atom. The summed E-state index contributed by atoms with van der Waals surface area (Å²) in [4.78, 5) is 19.7. The second kappa shape index (κ2) is 5.94. The van der Waals surface area contributed by atoms with Gasteiger partial charge in [0.25, 0.3) is 5.91 Å². The van der Waals surface area contributed by atoms with E-state index in [4.69, 9.17) is 4.98 Å². The Labute approximate surface area is 154 Å². The predicted molar refractivity (Wildman–Crippen MR) is 107 cm³/mol. The third kappa shape index (κ3) is 2.78. The van der Waals surface area contributed by atoms with Crippen molar-refractivity contribution in [3.05, 3.63) is 70.8 Å². The molecular formula is C23H24N2O. The van der Waals surface area contributed by atoms with Crippen LogP contribution < -0.4 is 4.90 Å². The number of benzene rings is 2. The van der Waals surface area contributed by atoms with Crippen LogP contribution in [0.1, 0.15) is 47.8 Å². The van der Waals surface area contributed by atoms with Crippen molar-refractivity contribution in [1.82, 2.24) is 4.98 Å². The number of pyridine rings is 1. The zero-order valence-corrected chi connectivity index (χ0v) is 15.8. The van der Waals surface area contributed by atoms with Gasteiger partial charge in [-0.3, -0.25) is 9.69 Å². The monoisotopic (exact) mass is 344 g/mol. The Hall–Kier alpha value is -2.68. The van der Waals surface area contributed by atoms with Crippen LogP contribution in [-0.2, 0) is 11.8 Å². The van der Waals surface area contributed by atoms with Gasteiger partial charge in [0.2, 0.25) is 0 Å². The van der Waals surface area contributed by atoms with Gasteiger partial charge >= 0.3 is 0 Å². The van der Waals surface area contributed by atoms with Crippen molar-refractivity contribution < 1.29 is 4.79 Å². The molecule has 0 fully saturated rings. The summed E-state index contributed by atoms with van der Waals surface area (Å²) in [6, 6.07) is 16.4. The molecule has 0 aliphatic carbocycles. The maximum atomic E-state index is 13.1. The van der Waals surface area contributed by atoms with Crippen LogP contribution in [0.15, 0.2) is 48.5 Å². The van der Waals surface area contributed by atoms with Gasteiger partial charge in [0.1, 0.15) is 5.82 Å². The number of rotatable bonds is 1. The Morgan fingerprint density at radius 1 is 1.08 bits per heavy atom. The lowest BCUT2D eigenvalue weighted by molar-refractivity contribution is 0.0988. The van der Waals surface area contributed by atoms with E-state index < -0.39 is 0 Å². The Morgan fingerprint density at radius 3 is 2.50 bits per heavy atom. The number of carbonyl (C=O) groups excluding carboxylic acids is 1. The number of fused-ring (bicyclic) bond motifs is 2. The minimum Gasteiger partial charge on any atom is -0.292 e. The maximum Gasteiger partial charge on any atom is 0.259 e. The molecule has 4 rings (SSSR count). The molecule has 0 unspecified atom stereocenters. The molecule has 1 aromatic heterocycles. The van der Waals surface area contributed by atoms with Gasteiger partial charge in [0.15, 0.2) is 0 Å². The minimum absolute atomic E-state index is 0.0321. The fraction of sp³-hybridized carbons (Fsp3) is 0.304. The highest BCUT2D eigenvalue weighted by Gasteiger charge is 2.28. The predicted octanol–water partition coefficient (Wildman–Crippen LogP) is 5.04. The summed E-state index contributed by atoms with van der Waals surface area (Å²) < 4.78 is 0. The molecule has 2 aromatic carbocycles. The number of hydrogen-bond acceptors (Lipinski definition) is 2. The van der Waals surface area contributed by atoms with E-state index in [1.807, 2.05) is 17.0 Å². The smallest absolute Gasteiger partial charge is 0.259 e. The molecule has 3 nitrogen and oxygen atoms in total. The van der Waals surface area contributed by atoms with Crippen LogP contribution in [0, 0.1) is 6.92 Å². The van der Waals surface area contributed by atoms with Gasteiger partial charge in [-0.1, -0.05) is 51.1 Å². The molecule has 3 heteroatoms. The van der Waals surface area contributed by atoms with Crippen LogP contribution >= 0.6 is 0 Å². The molecule has 0 radical (unpaired) electrons. The lowest BCUT2D eigenvalue weighted by Gasteiger charge is -2.20. The van der Waals surface area contributed by atoms with E-state index in [1.165, 1.54) is 5.56 Å². The first-order valence-electron chi connectivity index (χ1n) is 9.16. The summed E-state index contributed by atoms with van der Waals surface area (Å²) in [7, 11) is 0. The largest absolute Gasteiger partial charge is 0.292 e. The second-order valence-corrected chi connectivity index (χ2v) is 8.15. The van der Waals surface area contributed by atoms with Crippen LogP contribution in [0.5, 0.6) is 0 Å². The number of para-hydroxylation sites is 1. The Balaban J connectivity index is 1.70. The molecule has 0 N–H and O–H groups in total. The lowest BCUT2D eigenvalue weighted by Crippen LogP contribution is -2.29. The molecule has 1 aliphatic heterocycles. The van der Waals surface area contributed by atoms with E-state index in [2.05, 4.69) is 64.1 Å². The highest BCUT2D eigenvalue weighted by Crippen LogP contribution is 2.32. The second-order valence-electron chi connectivity index (χ2n) is 8.15. The molecule has 132 valence electrons. The first-order chi connectivity index (χ1) is 12.3. The number of hydrogen-bond donors (Lipinski definition) is 0. The van der Waals surface area contributed by atoms with Crippen molar-refractivity contribution in [2.24, 2.45) is 0 Å². The van der Waals surface area contributed by atoms with Gasteiger partial charge in [-0.25, -0.2) is 4.98 Å². The zero-order chi connectivity index (χ0) is 18.5. The fourth-order valence-corrected chi connectivity index (χ4v) is 3.60. The minimum atomic E-state index is 0.0321. The van der Waals surface area contributed by atoms with Gasteiger partial charge < -0.3 is 0 Å². The van der Waals surface area contributed by atoms with E-state index in [0.29, 0.717) is 6.54 Å². The zero-order valence-electron chi connectivity index (χ0n) is 15.8. The van der Waals surface area contributed by atoms with Gasteiger partial charge in [-0.15, -0.1) is 0 Å². The number of anilines is 1. The first-order valence-corrected chi connectivity index (χ1v) is 9.16. The van der Waals surface area contributed by atoms with Gasteiger partial charge in [0.05, 0.1) is 5.52 Å². The molecular weight excluding hydrogens is 320 g/mol. The molecule has 3 aromatic rings. The summed E-state index contributed by atoms with van der Waals surface area (Å²) in [6.45, 7) is 9.29. The fourth-order valence-electron chi connectivity index (χ4n) is 3.60. The van der Waals surface area contributed by atoms with Crippen LogP contribution in [-0.4, -0.2) is 17.4 Å². The van der Waals surface area contributed by atoms with Crippen molar-refractivity contribution in [1.29, 1.82) is 0 Å². The highest BCUT2D eigenvalue weighted by atomic mass is 16.2. The third-order valence-corrected chi connectivity index (χ3v) is 5.21. The van der Waals surface area contributed by atoms with Crippen molar-refractivity contribution in [2.45, 2.75) is 39.5 Å². The molecule has 2 heterocycles. The normalized spacial score (nSPS) is 13.9.